The lowest BCUT2D eigenvalue weighted by Gasteiger charge is -2.16. The smallest absolute Gasteiger partial charge is 0.343 e. The molecule has 0 aliphatic carbocycles. The summed E-state index contributed by atoms with van der Waals surface area (Å²) in [7, 11) is 0. The minimum atomic E-state index is -1.85. The number of esters is 1. The number of fused-ring (bicyclic) bond motifs is 1. The average molecular weight is 444 g/mol. The molecule has 10 heteroatoms. The van der Waals surface area contributed by atoms with Crippen molar-refractivity contribution in [1.29, 1.82) is 0 Å². The van der Waals surface area contributed by atoms with Crippen molar-refractivity contribution in [1.82, 2.24) is 9.72 Å². The van der Waals surface area contributed by atoms with Crippen molar-refractivity contribution in [3.05, 3.63) is 87.7 Å². The summed E-state index contributed by atoms with van der Waals surface area (Å²) in [6.07, 6.45) is 2.08. The molecular formula is C22H15F3N2O5. The van der Waals surface area contributed by atoms with Gasteiger partial charge < -0.3 is 14.0 Å². The van der Waals surface area contributed by atoms with Crippen LogP contribution < -0.4 is 10.2 Å². The molecule has 0 unspecified atom stereocenters. The Kier molecular flexibility index (Phi) is 5.67. The van der Waals surface area contributed by atoms with Gasteiger partial charge in [0.1, 0.15) is 24.0 Å². The van der Waals surface area contributed by atoms with E-state index in [2.05, 4.69) is 5.16 Å². The highest BCUT2D eigenvalue weighted by atomic mass is 19.2. The first kappa shape index (κ1) is 21.2. The van der Waals surface area contributed by atoms with Crippen LogP contribution in [0.3, 0.4) is 0 Å². The van der Waals surface area contributed by atoms with E-state index in [-0.39, 0.29) is 19.0 Å². The fourth-order valence-electron chi connectivity index (χ4n) is 3.18. The summed E-state index contributed by atoms with van der Waals surface area (Å²) in [4.78, 5) is 25.5. The van der Waals surface area contributed by atoms with Crippen LogP contribution in [-0.4, -0.2) is 22.3 Å². The second-order valence-corrected chi connectivity index (χ2v) is 6.59. The summed E-state index contributed by atoms with van der Waals surface area (Å²) in [6, 6.07) is 9.77. The quantitative estimate of drug-likeness (QED) is 0.328. The van der Waals surface area contributed by atoms with Crippen LogP contribution in [-0.2, 0) is 11.3 Å². The molecule has 32 heavy (non-hydrogen) atoms. The molecule has 164 valence electrons. The molecule has 0 atom stereocenters. The Morgan fingerprint density at radius 3 is 2.50 bits per heavy atom. The number of carbonyl (C=O) groups is 1. The summed E-state index contributed by atoms with van der Waals surface area (Å²) in [5.74, 6) is -7.15. The van der Waals surface area contributed by atoms with Gasteiger partial charge in [0.2, 0.25) is 17.1 Å². The van der Waals surface area contributed by atoms with E-state index in [9.17, 15) is 22.8 Å². The van der Waals surface area contributed by atoms with E-state index in [4.69, 9.17) is 14.0 Å². The molecule has 2 aromatic carbocycles. The standard InChI is InChI=1S/C22H15F3N2O5/c1-2-30-22(29)13-10-27(14-8-9-32-26-14)19-15(20(13)28)21(18(25)16(23)17(19)24)31-11-12-6-4-3-5-7-12/h3-10H,2,11H2,1H3. The normalized spacial score (nSPS) is 11.0. The number of aromatic nitrogens is 2. The van der Waals surface area contributed by atoms with Crippen LogP contribution >= 0.6 is 0 Å². The maximum atomic E-state index is 14.9. The topological polar surface area (TPSA) is 83.6 Å². The largest absolute Gasteiger partial charge is 0.485 e. The molecule has 0 saturated heterocycles. The van der Waals surface area contributed by atoms with Gasteiger partial charge in [-0.2, -0.15) is 4.39 Å². The van der Waals surface area contributed by atoms with Gasteiger partial charge in [-0.3, -0.25) is 9.36 Å². The molecule has 0 fully saturated rings. The number of halogens is 3. The van der Waals surface area contributed by atoms with Gasteiger partial charge in [0.25, 0.3) is 0 Å². The van der Waals surface area contributed by atoms with Crippen molar-refractivity contribution >= 4 is 16.9 Å². The number of nitrogens with zero attached hydrogens (tertiary/aromatic N) is 2. The summed E-state index contributed by atoms with van der Waals surface area (Å²) in [5.41, 5.74) is -1.71. The molecule has 0 N–H and O–H groups in total. The van der Waals surface area contributed by atoms with Crippen LogP contribution in [0.1, 0.15) is 22.8 Å². The number of rotatable bonds is 6. The van der Waals surface area contributed by atoms with Crippen LogP contribution in [0, 0.1) is 17.5 Å². The summed E-state index contributed by atoms with van der Waals surface area (Å²) in [6.45, 7) is 1.23. The van der Waals surface area contributed by atoms with Crippen LogP contribution in [0.2, 0.25) is 0 Å². The minimum Gasteiger partial charge on any atom is -0.485 e. The van der Waals surface area contributed by atoms with Crippen LogP contribution in [0.5, 0.6) is 5.75 Å². The Labute approximate surface area is 178 Å². The first-order chi connectivity index (χ1) is 15.4. The molecule has 0 aliphatic heterocycles. The predicted octanol–water partition coefficient (Wildman–Crippen LogP) is 4.15. The lowest BCUT2D eigenvalue weighted by Crippen LogP contribution is -2.23. The molecular weight excluding hydrogens is 429 g/mol. The Bertz CT molecular complexity index is 1350. The zero-order chi connectivity index (χ0) is 22.8. The molecule has 0 aliphatic rings. The molecule has 4 aromatic rings. The van der Waals surface area contributed by atoms with Gasteiger partial charge >= 0.3 is 5.97 Å². The first-order valence-electron chi connectivity index (χ1n) is 9.44. The van der Waals surface area contributed by atoms with E-state index < -0.39 is 51.1 Å². The van der Waals surface area contributed by atoms with Crippen molar-refractivity contribution in [2.24, 2.45) is 0 Å². The predicted molar refractivity (Wildman–Crippen MR) is 106 cm³/mol. The second-order valence-electron chi connectivity index (χ2n) is 6.59. The lowest BCUT2D eigenvalue weighted by molar-refractivity contribution is 0.0524. The maximum absolute atomic E-state index is 14.9. The number of pyridine rings is 1. The van der Waals surface area contributed by atoms with Crippen LogP contribution in [0.4, 0.5) is 13.2 Å². The van der Waals surface area contributed by atoms with Crippen LogP contribution in [0.25, 0.3) is 16.7 Å². The molecule has 0 radical (unpaired) electrons. The third-order valence-corrected chi connectivity index (χ3v) is 4.62. The Morgan fingerprint density at radius 1 is 1.09 bits per heavy atom. The fraction of sp³-hybridized carbons (Fsp3) is 0.136. The Balaban J connectivity index is 2.04. The van der Waals surface area contributed by atoms with E-state index in [0.29, 0.717) is 5.56 Å². The first-order valence-corrected chi connectivity index (χ1v) is 9.44. The highest BCUT2D eigenvalue weighted by Crippen LogP contribution is 2.34. The fourth-order valence-corrected chi connectivity index (χ4v) is 3.18. The number of benzene rings is 2. The van der Waals surface area contributed by atoms with Gasteiger partial charge in [0.05, 0.1) is 12.0 Å². The van der Waals surface area contributed by atoms with Gasteiger partial charge in [0, 0.05) is 12.3 Å². The van der Waals surface area contributed by atoms with Crippen LogP contribution in [0.15, 0.2) is 58.2 Å². The summed E-state index contributed by atoms with van der Waals surface area (Å²) < 4.78 is 60.2. The van der Waals surface area contributed by atoms with E-state index in [1.165, 1.54) is 13.0 Å². The lowest BCUT2D eigenvalue weighted by atomic mass is 10.1. The monoisotopic (exact) mass is 444 g/mol. The Morgan fingerprint density at radius 2 is 1.84 bits per heavy atom. The third kappa shape index (κ3) is 3.59. The van der Waals surface area contributed by atoms with Crippen molar-refractivity contribution in [2.45, 2.75) is 13.5 Å². The summed E-state index contributed by atoms with van der Waals surface area (Å²) >= 11 is 0. The van der Waals surface area contributed by atoms with E-state index in [0.717, 1.165) is 17.0 Å². The van der Waals surface area contributed by atoms with Crippen molar-refractivity contribution in [3.8, 4) is 11.6 Å². The molecule has 2 heterocycles. The van der Waals surface area contributed by atoms with Crippen molar-refractivity contribution in [2.75, 3.05) is 6.61 Å². The van der Waals surface area contributed by atoms with Crippen molar-refractivity contribution in [3.63, 3.8) is 0 Å². The second kappa shape index (κ2) is 8.58. The highest BCUT2D eigenvalue weighted by molar-refractivity contribution is 5.96. The van der Waals surface area contributed by atoms with Gasteiger partial charge in [-0.1, -0.05) is 35.5 Å². The van der Waals surface area contributed by atoms with Crippen molar-refractivity contribution < 1.29 is 32.0 Å². The van der Waals surface area contributed by atoms with Gasteiger partial charge in [0.15, 0.2) is 17.4 Å². The summed E-state index contributed by atoms with van der Waals surface area (Å²) in [5, 5.41) is 2.96. The maximum Gasteiger partial charge on any atom is 0.343 e. The Hall–Kier alpha value is -4.08. The molecule has 4 rings (SSSR count). The third-order valence-electron chi connectivity index (χ3n) is 4.62. The van der Waals surface area contributed by atoms with E-state index in [1.807, 2.05) is 0 Å². The molecule has 0 spiro atoms. The minimum absolute atomic E-state index is 0.0518. The number of hydrogen-bond acceptors (Lipinski definition) is 6. The highest BCUT2D eigenvalue weighted by Gasteiger charge is 2.29. The van der Waals surface area contributed by atoms with Gasteiger partial charge in [-0.15, -0.1) is 0 Å². The molecule has 0 amide bonds. The molecule has 2 aromatic heterocycles. The average Bonchev–Trinajstić information content (AvgIpc) is 3.33. The van der Waals surface area contributed by atoms with Gasteiger partial charge in [-0.25, -0.2) is 13.6 Å². The molecule has 7 nitrogen and oxygen atoms in total. The van der Waals surface area contributed by atoms with E-state index in [1.54, 1.807) is 30.3 Å². The molecule has 0 saturated carbocycles. The number of carbonyl (C=O) groups excluding carboxylic acids is 1. The van der Waals surface area contributed by atoms with Gasteiger partial charge in [-0.05, 0) is 12.5 Å². The van der Waals surface area contributed by atoms with E-state index >= 15 is 0 Å². The zero-order valence-corrected chi connectivity index (χ0v) is 16.6. The molecule has 0 bridgehead atoms. The zero-order valence-electron chi connectivity index (χ0n) is 16.6. The number of ether oxygens (including phenoxy) is 2. The SMILES string of the molecule is CCOC(=O)c1cn(-c2ccon2)c2c(F)c(F)c(F)c(OCc3ccccc3)c2c1=O. The number of hydrogen-bond donors (Lipinski definition) is 0.